The van der Waals surface area contributed by atoms with Crippen LogP contribution in [0.15, 0.2) is 70.1 Å². The van der Waals surface area contributed by atoms with E-state index in [-0.39, 0.29) is 18.5 Å². The predicted octanol–water partition coefficient (Wildman–Crippen LogP) is 5.22. The Morgan fingerprint density at radius 1 is 1.16 bits per heavy atom. The highest BCUT2D eigenvalue weighted by Crippen LogP contribution is 2.28. The van der Waals surface area contributed by atoms with E-state index in [9.17, 15) is 9.18 Å². The highest BCUT2D eigenvalue weighted by Gasteiger charge is 2.24. The van der Waals surface area contributed by atoms with Crippen LogP contribution in [0.4, 0.5) is 4.39 Å². The van der Waals surface area contributed by atoms with Gasteiger partial charge in [0.1, 0.15) is 29.5 Å². The maximum absolute atomic E-state index is 14.2. The average Bonchev–Trinajstić information content (AvgIpc) is 3.57. The predicted molar refractivity (Wildman–Crippen MR) is 158 cm³/mol. The molecule has 220 valence electrons. The van der Waals surface area contributed by atoms with Crippen LogP contribution in [0.25, 0.3) is 28.1 Å². The van der Waals surface area contributed by atoms with E-state index in [2.05, 4.69) is 41.3 Å². The second kappa shape index (κ2) is 11.8. The number of benzene rings is 2. The summed E-state index contributed by atoms with van der Waals surface area (Å²) in [6.07, 6.45) is 5.91. The number of ether oxygens (including phenoxy) is 2. The lowest BCUT2D eigenvalue weighted by Crippen LogP contribution is -2.33. The number of H-pyrrole nitrogens is 1. The molecule has 2 aliphatic rings. The fraction of sp³-hybridized carbons (Fsp3) is 0.290. The molecular weight excluding hydrogens is 575 g/mol. The Kier molecular flexibility index (Phi) is 7.52. The molecule has 7 rings (SSSR count). The van der Waals surface area contributed by atoms with Gasteiger partial charge in [0.2, 0.25) is 0 Å². The number of pyridine rings is 1. The molecule has 0 bridgehead atoms. The van der Waals surface area contributed by atoms with Crippen LogP contribution in [0.5, 0.6) is 5.75 Å². The molecule has 43 heavy (non-hydrogen) atoms. The van der Waals surface area contributed by atoms with Gasteiger partial charge in [0.05, 0.1) is 19.2 Å². The number of hydrogen-bond acceptors (Lipinski definition) is 8. The molecule has 3 aromatic heterocycles. The second-order valence-corrected chi connectivity index (χ2v) is 11.1. The Balaban J connectivity index is 1.06. The monoisotopic (exact) mass is 602 g/mol. The van der Waals surface area contributed by atoms with E-state index in [1.165, 1.54) is 11.6 Å². The smallest absolute Gasteiger partial charge is 0.439 e. The quantitative estimate of drug-likeness (QED) is 0.244. The zero-order chi connectivity index (χ0) is 29.3. The lowest BCUT2D eigenvalue weighted by Gasteiger charge is -2.29. The summed E-state index contributed by atoms with van der Waals surface area (Å²) in [5, 5.41) is 4.13. The molecule has 12 heteroatoms. The summed E-state index contributed by atoms with van der Waals surface area (Å²) in [7, 11) is 0. The first-order valence-corrected chi connectivity index (χ1v) is 14.5. The first kappa shape index (κ1) is 27.5. The van der Waals surface area contributed by atoms with Gasteiger partial charge in [0.15, 0.2) is 11.5 Å². The average molecular weight is 603 g/mol. The van der Waals surface area contributed by atoms with Crippen molar-refractivity contribution in [2.45, 2.75) is 38.6 Å². The Morgan fingerprint density at radius 2 is 2.07 bits per heavy atom. The van der Waals surface area contributed by atoms with Crippen molar-refractivity contribution in [2.75, 3.05) is 19.7 Å². The minimum Gasteiger partial charge on any atom is -0.489 e. The molecule has 0 saturated carbocycles. The van der Waals surface area contributed by atoms with Gasteiger partial charge in [0, 0.05) is 42.0 Å². The number of aromatic nitrogens is 5. The first-order valence-electron chi connectivity index (χ1n) is 14.1. The van der Waals surface area contributed by atoms with E-state index in [0.29, 0.717) is 40.8 Å². The standard InChI is InChI=1S/C31H28ClFN6O4/c32-23-5-4-21(26(33)14-23)18-42-24-3-1-2-20(12-24)19-6-9-38(10-7-19)17-28-35-27-13-22(29-36-31(40)43-37-29)15-34-30(27)39(28)16-25-8-11-41-25/h1-6,12-15,25H,7-11,16-18H2,(H,36,37,40). The molecule has 1 fully saturated rings. The van der Waals surface area contributed by atoms with Crippen molar-refractivity contribution < 1.29 is 18.4 Å². The molecular formula is C31H28ClFN6O4. The van der Waals surface area contributed by atoms with Crippen LogP contribution in [-0.2, 0) is 24.4 Å². The van der Waals surface area contributed by atoms with E-state index >= 15 is 0 Å². The van der Waals surface area contributed by atoms with Gasteiger partial charge in [-0.25, -0.2) is 19.2 Å². The Morgan fingerprint density at radius 3 is 2.81 bits per heavy atom. The summed E-state index contributed by atoms with van der Waals surface area (Å²) in [5.74, 6) is 0.913. The highest BCUT2D eigenvalue weighted by atomic mass is 35.5. The van der Waals surface area contributed by atoms with Crippen LogP contribution in [0.1, 0.15) is 29.8 Å². The summed E-state index contributed by atoms with van der Waals surface area (Å²) in [5.41, 5.74) is 4.90. The second-order valence-electron chi connectivity index (χ2n) is 10.7. The molecule has 1 saturated heterocycles. The number of nitrogens with zero attached hydrogens (tertiary/aromatic N) is 5. The van der Waals surface area contributed by atoms with Crippen LogP contribution in [0.2, 0.25) is 5.02 Å². The van der Waals surface area contributed by atoms with Crippen molar-refractivity contribution >= 4 is 28.3 Å². The molecule has 2 aromatic carbocycles. The Labute approximate surface area is 250 Å². The molecule has 0 spiro atoms. The lowest BCUT2D eigenvalue weighted by atomic mass is 9.99. The Bertz CT molecular complexity index is 1880. The molecule has 0 aliphatic carbocycles. The van der Waals surface area contributed by atoms with E-state index in [1.807, 2.05) is 24.3 Å². The summed E-state index contributed by atoms with van der Waals surface area (Å²) in [6.45, 7) is 3.85. The summed E-state index contributed by atoms with van der Waals surface area (Å²) in [6, 6.07) is 14.4. The molecule has 0 radical (unpaired) electrons. The third-order valence-corrected chi connectivity index (χ3v) is 8.06. The van der Waals surface area contributed by atoms with Gasteiger partial charge in [-0.05, 0) is 54.3 Å². The first-order chi connectivity index (χ1) is 21.0. The zero-order valence-corrected chi connectivity index (χ0v) is 23.9. The number of imidazole rings is 1. The number of fused-ring (bicyclic) bond motifs is 1. The van der Waals surface area contributed by atoms with Crippen LogP contribution in [-0.4, -0.2) is 55.4 Å². The van der Waals surface area contributed by atoms with Crippen molar-refractivity contribution in [2.24, 2.45) is 0 Å². The molecule has 10 nitrogen and oxygen atoms in total. The molecule has 1 N–H and O–H groups in total. The number of halogens is 2. The normalized spacial score (nSPS) is 17.2. The maximum atomic E-state index is 14.2. The molecule has 2 aliphatic heterocycles. The highest BCUT2D eigenvalue weighted by molar-refractivity contribution is 6.30. The van der Waals surface area contributed by atoms with Gasteiger partial charge >= 0.3 is 5.76 Å². The van der Waals surface area contributed by atoms with Gasteiger partial charge in [-0.15, -0.1) is 0 Å². The molecule has 5 heterocycles. The van der Waals surface area contributed by atoms with E-state index in [0.717, 1.165) is 55.1 Å². The third-order valence-electron chi connectivity index (χ3n) is 7.83. The number of nitrogens with one attached hydrogen (secondary N) is 1. The van der Waals surface area contributed by atoms with Gasteiger partial charge in [-0.2, -0.15) is 0 Å². The number of hydrogen-bond donors (Lipinski definition) is 1. The van der Waals surface area contributed by atoms with Crippen LogP contribution in [0.3, 0.4) is 0 Å². The maximum Gasteiger partial charge on any atom is 0.439 e. The number of rotatable bonds is 9. The fourth-order valence-corrected chi connectivity index (χ4v) is 5.55. The molecule has 1 atom stereocenters. The lowest BCUT2D eigenvalue weighted by molar-refractivity contribution is -0.0592. The largest absolute Gasteiger partial charge is 0.489 e. The van der Waals surface area contributed by atoms with Gasteiger partial charge < -0.3 is 14.0 Å². The summed E-state index contributed by atoms with van der Waals surface area (Å²) in [4.78, 5) is 25.9. The van der Waals surface area contributed by atoms with Crippen molar-refractivity contribution in [1.82, 2.24) is 29.6 Å². The van der Waals surface area contributed by atoms with Crippen LogP contribution in [0, 0.1) is 5.82 Å². The molecule has 1 unspecified atom stereocenters. The topological polar surface area (TPSA) is 111 Å². The number of aromatic amines is 1. The minimum atomic E-state index is -0.617. The van der Waals surface area contributed by atoms with Crippen molar-refractivity contribution in [1.29, 1.82) is 0 Å². The van der Waals surface area contributed by atoms with Crippen molar-refractivity contribution in [3.05, 3.63) is 99.1 Å². The fourth-order valence-electron chi connectivity index (χ4n) is 5.39. The minimum absolute atomic E-state index is 0.124. The molecule has 0 amide bonds. The Hall–Kier alpha value is -4.32. The van der Waals surface area contributed by atoms with E-state index in [1.54, 1.807) is 18.3 Å². The van der Waals surface area contributed by atoms with Gasteiger partial charge in [-0.3, -0.25) is 14.4 Å². The molecule has 5 aromatic rings. The van der Waals surface area contributed by atoms with Gasteiger partial charge in [-0.1, -0.05) is 41.0 Å². The SMILES string of the molecule is O=c1[nH]c(-c2cnc3c(c2)nc(CN2CC=C(c4cccc(OCc5ccc(Cl)cc5F)c4)CC2)n3CC2CCO2)no1. The van der Waals surface area contributed by atoms with Crippen LogP contribution >= 0.6 is 11.6 Å². The van der Waals surface area contributed by atoms with Crippen LogP contribution < -0.4 is 10.5 Å². The van der Waals surface area contributed by atoms with E-state index in [4.69, 9.17) is 26.1 Å². The zero-order valence-electron chi connectivity index (χ0n) is 23.1. The van der Waals surface area contributed by atoms with E-state index < -0.39 is 5.76 Å². The summed E-state index contributed by atoms with van der Waals surface area (Å²) >= 11 is 5.86. The van der Waals surface area contributed by atoms with Crippen molar-refractivity contribution in [3.8, 4) is 17.1 Å². The summed E-state index contributed by atoms with van der Waals surface area (Å²) < 4.78 is 32.6. The third kappa shape index (κ3) is 5.96. The van der Waals surface area contributed by atoms with Gasteiger partial charge in [0.25, 0.3) is 0 Å². The van der Waals surface area contributed by atoms with Crippen molar-refractivity contribution in [3.63, 3.8) is 0 Å².